The van der Waals surface area contributed by atoms with E-state index in [-0.39, 0.29) is 6.10 Å². The van der Waals surface area contributed by atoms with Gasteiger partial charge in [-0.15, -0.1) is 16.8 Å². The van der Waals surface area contributed by atoms with Crippen LogP contribution in [0.2, 0.25) is 0 Å². The first-order valence-corrected chi connectivity index (χ1v) is 11.0. The van der Waals surface area contributed by atoms with E-state index in [1.807, 2.05) is 25.1 Å². The van der Waals surface area contributed by atoms with Gasteiger partial charge in [-0.25, -0.2) is 0 Å². The van der Waals surface area contributed by atoms with Gasteiger partial charge in [-0.3, -0.25) is 4.57 Å². The monoisotopic (exact) mass is 407 g/mol. The van der Waals surface area contributed by atoms with Gasteiger partial charge in [0.25, 0.3) is 0 Å². The minimum atomic E-state index is -0.208. The molecule has 1 aromatic heterocycles. The highest BCUT2D eigenvalue weighted by Gasteiger charge is 2.19. The summed E-state index contributed by atoms with van der Waals surface area (Å²) >= 11 is 1.69. The number of benzene rings is 2. The molecule has 0 bridgehead atoms. The molecule has 152 valence electrons. The largest absolute Gasteiger partial charge is 0.483 e. The van der Waals surface area contributed by atoms with Crippen LogP contribution in [0.4, 0.5) is 0 Å². The highest BCUT2D eigenvalue weighted by atomic mass is 32.2. The molecule has 0 saturated heterocycles. The first kappa shape index (κ1) is 21.2. The van der Waals surface area contributed by atoms with Gasteiger partial charge in [0.15, 0.2) is 17.1 Å². The number of hydrogen-bond donors (Lipinski definition) is 0. The number of rotatable bonds is 9. The lowest BCUT2D eigenvalue weighted by Gasteiger charge is -2.16. The summed E-state index contributed by atoms with van der Waals surface area (Å²) < 4.78 is 8.24. The Kier molecular flexibility index (Phi) is 7.15. The lowest BCUT2D eigenvalue weighted by atomic mass is 10.0. The molecule has 2 aromatic carbocycles. The van der Waals surface area contributed by atoms with Crippen LogP contribution in [-0.2, 0) is 12.3 Å². The fraction of sp³-hybridized carbons (Fsp3) is 0.333. The zero-order valence-corrected chi connectivity index (χ0v) is 18.4. The molecule has 3 aromatic rings. The fourth-order valence-electron chi connectivity index (χ4n) is 3.11. The summed E-state index contributed by atoms with van der Waals surface area (Å²) in [6, 6.07) is 16.7. The summed E-state index contributed by atoms with van der Waals surface area (Å²) in [6.07, 6.45) is 1.66. The summed E-state index contributed by atoms with van der Waals surface area (Å²) in [5.41, 5.74) is 3.90. The molecule has 4 nitrogen and oxygen atoms in total. The zero-order valence-electron chi connectivity index (χ0n) is 17.6. The average molecular weight is 408 g/mol. The molecular formula is C24H29N3OS. The number of allylic oxidation sites excluding steroid dienone is 1. The first-order valence-electron chi connectivity index (χ1n) is 9.97. The number of ether oxygens (including phenoxy) is 1. The summed E-state index contributed by atoms with van der Waals surface area (Å²) in [5, 5.41) is 9.74. The van der Waals surface area contributed by atoms with Crippen LogP contribution in [0.1, 0.15) is 55.3 Å². The van der Waals surface area contributed by atoms with Crippen LogP contribution >= 0.6 is 11.8 Å². The van der Waals surface area contributed by atoms with Crippen LogP contribution in [0.25, 0.3) is 0 Å². The van der Waals surface area contributed by atoms with E-state index < -0.39 is 0 Å². The van der Waals surface area contributed by atoms with Crippen molar-refractivity contribution in [3.05, 3.63) is 83.7 Å². The Balaban J connectivity index is 1.74. The van der Waals surface area contributed by atoms with Crippen LogP contribution in [-0.4, -0.2) is 14.8 Å². The molecule has 0 aliphatic rings. The quantitative estimate of drug-likeness (QED) is 0.307. The number of aromatic nitrogens is 3. The molecule has 0 saturated carbocycles. The van der Waals surface area contributed by atoms with Gasteiger partial charge in [-0.2, -0.15) is 0 Å². The molecule has 5 heteroatoms. The molecule has 0 radical (unpaired) electrons. The third-order valence-electron chi connectivity index (χ3n) is 4.90. The van der Waals surface area contributed by atoms with E-state index in [1.54, 1.807) is 11.8 Å². The van der Waals surface area contributed by atoms with Crippen molar-refractivity contribution in [2.75, 3.05) is 0 Å². The van der Waals surface area contributed by atoms with Crippen LogP contribution in [0.3, 0.4) is 0 Å². The average Bonchev–Trinajstić information content (AvgIpc) is 3.11. The molecule has 0 N–H and O–H groups in total. The Morgan fingerprint density at radius 1 is 1.07 bits per heavy atom. The summed E-state index contributed by atoms with van der Waals surface area (Å²) in [7, 11) is 0. The summed E-state index contributed by atoms with van der Waals surface area (Å²) in [5.74, 6) is 3.01. The van der Waals surface area contributed by atoms with Crippen molar-refractivity contribution in [3.8, 4) is 5.75 Å². The normalized spacial score (nSPS) is 12.2. The highest BCUT2D eigenvalue weighted by Crippen LogP contribution is 2.28. The van der Waals surface area contributed by atoms with Crippen molar-refractivity contribution in [1.29, 1.82) is 0 Å². The summed E-state index contributed by atoms with van der Waals surface area (Å²) in [6.45, 7) is 13.1. The van der Waals surface area contributed by atoms with Gasteiger partial charge in [-0.05, 0) is 48.6 Å². The number of thioether (sulfide) groups is 1. The lowest BCUT2D eigenvalue weighted by Crippen LogP contribution is -2.12. The predicted molar refractivity (Wildman–Crippen MR) is 121 cm³/mol. The van der Waals surface area contributed by atoms with Crippen molar-refractivity contribution in [2.24, 2.45) is 0 Å². The second-order valence-corrected chi connectivity index (χ2v) is 8.38. The highest BCUT2D eigenvalue weighted by molar-refractivity contribution is 7.98. The molecule has 0 fully saturated rings. The van der Waals surface area contributed by atoms with Gasteiger partial charge in [0.2, 0.25) is 0 Å². The van der Waals surface area contributed by atoms with Crippen LogP contribution < -0.4 is 4.74 Å². The van der Waals surface area contributed by atoms with Gasteiger partial charge in [0, 0.05) is 12.3 Å². The van der Waals surface area contributed by atoms with Crippen molar-refractivity contribution < 1.29 is 4.74 Å². The van der Waals surface area contributed by atoms with E-state index in [4.69, 9.17) is 4.74 Å². The van der Waals surface area contributed by atoms with E-state index in [9.17, 15) is 0 Å². The Morgan fingerprint density at radius 3 is 2.45 bits per heavy atom. The zero-order chi connectivity index (χ0) is 20.8. The molecular weight excluding hydrogens is 378 g/mol. The minimum absolute atomic E-state index is 0.208. The van der Waals surface area contributed by atoms with Crippen molar-refractivity contribution in [2.45, 2.75) is 57.2 Å². The summed E-state index contributed by atoms with van der Waals surface area (Å²) in [4.78, 5) is 0. The van der Waals surface area contributed by atoms with E-state index in [0.29, 0.717) is 12.5 Å². The third kappa shape index (κ3) is 5.30. The van der Waals surface area contributed by atoms with Gasteiger partial charge in [-0.1, -0.05) is 68.1 Å². The van der Waals surface area contributed by atoms with E-state index in [2.05, 4.69) is 78.5 Å². The molecule has 29 heavy (non-hydrogen) atoms. The predicted octanol–water partition coefficient (Wildman–Crippen LogP) is 6.33. The molecule has 3 rings (SSSR count). The van der Waals surface area contributed by atoms with Gasteiger partial charge < -0.3 is 4.74 Å². The van der Waals surface area contributed by atoms with Crippen LogP contribution in [0, 0.1) is 6.92 Å². The maximum atomic E-state index is 6.15. The molecule has 0 aliphatic heterocycles. The van der Waals surface area contributed by atoms with Gasteiger partial charge in [0.05, 0.1) is 0 Å². The second-order valence-electron chi connectivity index (χ2n) is 7.44. The Morgan fingerprint density at radius 2 is 1.79 bits per heavy atom. The van der Waals surface area contributed by atoms with E-state index in [1.165, 1.54) is 16.7 Å². The second kappa shape index (κ2) is 9.79. The molecule has 0 amide bonds. The standard InChI is InChI=1S/C24H29N3OS/c1-6-15-27-23(19(5)28-22-13-11-20(12-14-22)17(2)3)25-26-24(27)29-16-21-10-8-7-9-18(21)4/h6-14,17,19H,1,15-16H2,2-5H3. The maximum absolute atomic E-state index is 6.15. The third-order valence-corrected chi connectivity index (χ3v) is 5.91. The first-order chi connectivity index (χ1) is 14.0. The number of nitrogens with zero attached hydrogens (tertiary/aromatic N) is 3. The van der Waals surface area contributed by atoms with E-state index in [0.717, 1.165) is 22.5 Å². The number of hydrogen-bond acceptors (Lipinski definition) is 4. The molecule has 0 spiro atoms. The number of aryl methyl sites for hydroxylation is 1. The molecule has 1 atom stereocenters. The van der Waals surface area contributed by atoms with E-state index >= 15 is 0 Å². The van der Waals surface area contributed by atoms with Crippen LogP contribution in [0.5, 0.6) is 5.75 Å². The van der Waals surface area contributed by atoms with Gasteiger partial charge in [0.1, 0.15) is 5.75 Å². The van der Waals surface area contributed by atoms with Crippen molar-refractivity contribution >= 4 is 11.8 Å². The molecule has 1 heterocycles. The Hall–Kier alpha value is -2.53. The topological polar surface area (TPSA) is 39.9 Å². The van der Waals surface area contributed by atoms with Gasteiger partial charge >= 0.3 is 0 Å². The molecule has 1 unspecified atom stereocenters. The Bertz CT molecular complexity index is 947. The lowest BCUT2D eigenvalue weighted by molar-refractivity contribution is 0.210. The maximum Gasteiger partial charge on any atom is 0.191 e. The molecule has 0 aliphatic carbocycles. The van der Waals surface area contributed by atoms with Crippen molar-refractivity contribution in [1.82, 2.24) is 14.8 Å². The fourth-order valence-corrected chi connectivity index (χ4v) is 4.14. The van der Waals surface area contributed by atoms with Crippen LogP contribution in [0.15, 0.2) is 66.3 Å². The smallest absolute Gasteiger partial charge is 0.191 e. The SMILES string of the molecule is C=CCn1c(SCc2ccccc2C)nnc1C(C)Oc1ccc(C(C)C)cc1. The minimum Gasteiger partial charge on any atom is -0.483 e. The Labute approximate surface area is 178 Å². The van der Waals surface area contributed by atoms with Crippen molar-refractivity contribution in [3.63, 3.8) is 0 Å².